The van der Waals surface area contributed by atoms with Crippen LogP contribution in [0.25, 0.3) is 0 Å². The monoisotopic (exact) mass is 436 g/mol. The summed E-state index contributed by atoms with van der Waals surface area (Å²) in [6, 6.07) is 12.7. The molecule has 2 amide bonds. The first-order valence-electron chi connectivity index (χ1n) is 9.01. The number of rotatable bonds is 6. The fourth-order valence-electron chi connectivity index (χ4n) is 2.78. The van der Waals surface area contributed by atoms with Crippen LogP contribution in [0.1, 0.15) is 41.4 Å². The van der Waals surface area contributed by atoms with E-state index in [9.17, 15) is 29.4 Å². The Morgan fingerprint density at radius 1 is 0.594 bits per heavy atom. The number of benzene rings is 3. The highest BCUT2D eigenvalue weighted by Crippen LogP contribution is 2.23. The van der Waals surface area contributed by atoms with Gasteiger partial charge in [-0.05, 0) is 54.6 Å². The van der Waals surface area contributed by atoms with Crippen molar-refractivity contribution < 1.29 is 39.6 Å². The van der Waals surface area contributed by atoms with Crippen molar-refractivity contribution in [2.75, 3.05) is 10.6 Å². The van der Waals surface area contributed by atoms with Gasteiger partial charge in [0.2, 0.25) is 0 Å². The van der Waals surface area contributed by atoms with Gasteiger partial charge in [0.1, 0.15) is 22.6 Å². The summed E-state index contributed by atoms with van der Waals surface area (Å²) in [6.45, 7) is 0. The van der Waals surface area contributed by atoms with E-state index in [-0.39, 0.29) is 33.6 Å². The molecule has 0 radical (unpaired) electrons. The zero-order valence-corrected chi connectivity index (χ0v) is 16.2. The van der Waals surface area contributed by atoms with Gasteiger partial charge in [0.15, 0.2) is 0 Å². The molecule has 0 aromatic heterocycles. The molecule has 3 aromatic rings. The van der Waals surface area contributed by atoms with Crippen LogP contribution in [0.2, 0.25) is 0 Å². The molecule has 0 aliphatic carbocycles. The van der Waals surface area contributed by atoms with Gasteiger partial charge >= 0.3 is 11.9 Å². The molecule has 0 aliphatic heterocycles. The maximum atomic E-state index is 12.5. The lowest BCUT2D eigenvalue weighted by atomic mass is 10.1. The number of amides is 2. The lowest BCUT2D eigenvalue weighted by Crippen LogP contribution is -2.16. The smallest absolute Gasteiger partial charge is 0.339 e. The maximum absolute atomic E-state index is 12.5. The third-order valence-corrected chi connectivity index (χ3v) is 4.36. The average molecular weight is 436 g/mol. The van der Waals surface area contributed by atoms with Crippen LogP contribution in [0.3, 0.4) is 0 Å². The Bertz CT molecular complexity index is 1160. The summed E-state index contributed by atoms with van der Waals surface area (Å²) in [4.78, 5) is 47.3. The normalized spacial score (nSPS) is 10.2. The summed E-state index contributed by atoms with van der Waals surface area (Å²) in [5.74, 6) is -4.88. The van der Waals surface area contributed by atoms with Gasteiger partial charge in [-0.2, -0.15) is 0 Å². The van der Waals surface area contributed by atoms with Gasteiger partial charge in [0.05, 0.1) is 0 Å². The van der Waals surface area contributed by atoms with E-state index in [1.165, 1.54) is 36.4 Å². The molecule has 10 heteroatoms. The van der Waals surface area contributed by atoms with Crippen LogP contribution in [-0.4, -0.2) is 44.2 Å². The Balaban J connectivity index is 1.78. The number of aromatic hydroxyl groups is 2. The van der Waals surface area contributed by atoms with Crippen LogP contribution in [0.4, 0.5) is 11.4 Å². The minimum Gasteiger partial charge on any atom is -0.507 e. The summed E-state index contributed by atoms with van der Waals surface area (Å²) in [5, 5.41) is 42.2. The molecule has 0 spiro atoms. The van der Waals surface area contributed by atoms with Gasteiger partial charge in [-0.25, -0.2) is 9.59 Å². The number of anilines is 2. The SMILES string of the molecule is O=C(Nc1ccc(O)c(C(=O)O)c1)c1cccc(C(=O)Nc2ccc(O)c(C(=O)O)c2)c1. The molecular formula is C22H16N2O8. The van der Waals surface area contributed by atoms with E-state index in [4.69, 9.17) is 10.2 Å². The van der Waals surface area contributed by atoms with E-state index in [1.807, 2.05) is 0 Å². The predicted octanol–water partition coefficient (Wildman–Crippen LogP) is 3.00. The highest BCUT2D eigenvalue weighted by Gasteiger charge is 2.15. The van der Waals surface area contributed by atoms with Crippen molar-refractivity contribution in [2.24, 2.45) is 0 Å². The van der Waals surface area contributed by atoms with Gasteiger partial charge in [-0.15, -0.1) is 0 Å². The van der Waals surface area contributed by atoms with Crippen molar-refractivity contribution in [3.8, 4) is 11.5 Å². The van der Waals surface area contributed by atoms with Crippen molar-refractivity contribution >= 4 is 35.1 Å². The molecule has 0 saturated heterocycles. The van der Waals surface area contributed by atoms with Gasteiger partial charge in [-0.1, -0.05) is 6.07 Å². The second-order valence-corrected chi connectivity index (χ2v) is 6.56. The average Bonchev–Trinajstić information content (AvgIpc) is 2.76. The first-order chi connectivity index (χ1) is 15.2. The van der Waals surface area contributed by atoms with Gasteiger partial charge in [-0.3, -0.25) is 9.59 Å². The molecule has 32 heavy (non-hydrogen) atoms. The number of phenols is 2. The third-order valence-electron chi connectivity index (χ3n) is 4.36. The van der Waals surface area contributed by atoms with Gasteiger partial charge in [0, 0.05) is 22.5 Å². The number of carboxylic acid groups (broad SMARTS) is 2. The second kappa shape index (κ2) is 8.88. The molecule has 3 aromatic carbocycles. The fourth-order valence-corrected chi connectivity index (χ4v) is 2.78. The highest BCUT2D eigenvalue weighted by molar-refractivity contribution is 6.09. The first kappa shape index (κ1) is 21.8. The Kier molecular flexibility index (Phi) is 6.06. The molecule has 0 saturated carbocycles. The summed E-state index contributed by atoms with van der Waals surface area (Å²) in [5.41, 5.74) is -0.314. The number of carboxylic acids is 2. The molecule has 0 bridgehead atoms. The van der Waals surface area contributed by atoms with E-state index in [2.05, 4.69) is 10.6 Å². The Morgan fingerprint density at radius 2 is 1.00 bits per heavy atom. The number of nitrogens with one attached hydrogen (secondary N) is 2. The van der Waals surface area contributed by atoms with Crippen LogP contribution in [0.15, 0.2) is 60.7 Å². The van der Waals surface area contributed by atoms with Crippen molar-refractivity contribution in [3.63, 3.8) is 0 Å². The molecule has 0 aliphatic rings. The lowest BCUT2D eigenvalue weighted by molar-refractivity contribution is 0.0682. The summed E-state index contributed by atoms with van der Waals surface area (Å²) in [7, 11) is 0. The molecule has 0 fully saturated rings. The number of carbonyl (C=O) groups excluding carboxylic acids is 2. The molecule has 0 atom stereocenters. The van der Waals surface area contributed by atoms with Crippen LogP contribution >= 0.6 is 0 Å². The third kappa shape index (κ3) is 4.82. The highest BCUT2D eigenvalue weighted by atomic mass is 16.4. The van der Waals surface area contributed by atoms with E-state index >= 15 is 0 Å². The summed E-state index contributed by atoms with van der Waals surface area (Å²) in [6.07, 6.45) is 0. The number of carbonyl (C=O) groups is 4. The summed E-state index contributed by atoms with van der Waals surface area (Å²) < 4.78 is 0. The standard InChI is InChI=1S/C22H16N2O8/c25-17-6-4-13(9-15(17)21(29)30)23-19(27)11-2-1-3-12(8-11)20(28)24-14-5-7-18(26)16(10-14)22(31)32/h1-10,25-26H,(H,23,27)(H,24,28)(H,29,30)(H,31,32). The molecule has 3 rings (SSSR count). The van der Waals surface area contributed by atoms with E-state index < -0.39 is 35.3 Å². The molecule has 0 heterocycles. The first-order valence-corrected chi connectivity index (χ1v) is 9.01. The van der Waals surface area contributed by atoms with Crippen molar-refractivity contribution in [1.29, 1.82) is 0 Å². The van der Waals surface area contributed by atoms with Crippen molar-refractivity contribution in [3.05, 3.63) is 82.9 Å². The number of aromatic carboxylic acids is 2. The lowest BCUT2D eigenvalue weighted by Gasteiger charge is -2.10. The number of hydrogen-bond acceptors (Lipinski definition) is 6. The van der Waals surface area contributed by atoms with E-state index in [1.54, 1.807) is 0 Å². The Hall–Kier alpha value is -4.86. The van der Waals surface area contributed by atoms with E-state index in [0.717, 1.165) is 24.3 Å². The minimum absolute atomic E-state index is 0.0968. The zero-order valence-electron chi connectivity index (χ0n) is 16.2. The van der Waals surface area contributed by atoms with Crippen LogP contribution in [0, 0.1) is 0 Å². The molecular weight excluding hydrogens is 420 g/mol. The molecule has 6 N–H and O–H groups in total. The van der Waals surface area contributed by atoms with Gasteiger partial charge < -0.3 is 31.1 Å². The fraction of sp³-hybridized carbons (Fsp3) is 0. The quantitative estimate of drug-likeness (QED) is 0.320. The second-order valence-electron chi connectivity index (χ2n) is 6.56. The summed E-state index contributed by atoms with van der Waals surface area (Å²) >= 11 is 0. The predicted molar refractivity (Wildman–Crippen MR) is 112 cm³/mol. The van der Waals surface area contributed by atoms with Gasteiger partial charge in [0.25, 0.3) is 11.8 Å². The molecule has 10 nitrogen and oxygen atoms in total. The van der Waals surface area contributed by atoms with Crippen molar-refractivity contribution in [2.45, 2.75) is 0 Å². The minimum atomic E-state index is -1.36. The molecule has 162 valence electrons. The topological polar surface area (TPSA) is 173 Å². The Labute approximate surface area is 180 Å². The maximum Gasteiger partial charge on any atom is 0.339 e. The van der Waals surface area contributed by atoms with Crippen molar-refractivity contribution in [1.82, 2.24) is 0 Å². The van der Waals surface area contributed by atoms with Crippen LogP contribution < -0.4 is 10.6 Å². The zero-order chi connectivity index (χ0) is 23.4. The molecule has 0 unspecified atom stereocenters. The largest absolute Gasteiger partial charge is 0.507 e. The Morgan fingerprint density at radius 3 is 1.38 bits per heavy atom. The van der Waals surface area contributed by atoms with Crippen LogP contribution in [-0.2, 0) is 0 Å². The van der Waals surface area contributed by atoms with E-state index in [0.29, 0.717) is 0 Å². The van der Waals surface area contributed by atoms with Crippen LogP contribution in [0.5, 0.6) is 11.5 Å². The number of hydrogen-bond donors (Lipinski definition) is 6.